The van der Waals surface area contributed by atoms with Crippen LogP contribution in [0.5, 0.6) is 5.75 Å². The summed E-state index contributed by atoms with van der Waals surface area (Å²) in [6, 6.07) is 12.5. The van der Waals surface area contributed by atoms with Gasteiger partial charge in [-0.05, 0) is 35.9 Å². The summed E-state index contributed by atoms with van der Waals surface area (Å²) in [5, 5.41) is 3.38. The molecule has 0 spiro atoms. The molecule has 0 radical (unpaired) electrons. The van der Waals surface area contributed by atoms with E-state index in [-0.39, 0.29) is 18.4 Å². The number of anilines is 2. The Bertz CT molecular complexity index is 821. The predicted molar refractivity (Wildman–Crippen MR) is 87.0 cm³/mol. The first-order valence-electron chi connectivity index (χ1n) is 7.27. The number of hydrogen-bond donors (Lipinski definition) is 1. The lowest BCUT2D eigenvalue weighted by atomic mass is 10.1. The minimum Gasteiger partial charge on any atom is -0.480 e. The van der Waals surface area contributed by atoms with E-state index >= 15 is 0 Å². The molecule has 23 heavy (non-hydrogen) atoms. The van der Waals surface area contributed by atoms with Crippen molar-refractivity contribution in [3.63, 3.8) is 0 Å². The lowest BCUT2D eigenvalue weighted by Gasteiger charge is -2.30. The molecule has 2 aliphatic heterocycles. The van der Waals surface area contributed by atoms with Crippen molar-refractivity contribution in [2.45, 2.75) is 12.5 Å². The number of carbonyl (C=O) groups excluding carboxylic acids is 2. The molecule has 2 heterocycles. The quantitative estimate of drug-likeness (QED) is 0.875. The Hall–Kier alpha value is -2.53. The van der Waals surface area contributed by atoms with Crippen molar-refractivity contribution in [1.29, 1.82) is 0 Å². The van der Waals surface area contributed by atoms with Crippen LogP contribution in [0.15, 0.2) is 42.5 Å². The van der Waals surface area contributed by atoms with E-state index in [0.717, 1.165) is 5.56 Å². The first kappa shape index (κ1) is 14.1. The summed E-state index contributed by atoms with van der Waals surface area (Å²) >= 11 is 5.98. The van der Waals surface area contributed by atoms with Crippen molar-refractivity contribution in [2.75, 3.05) is 16.8 Å². The van der Waals surface area contributed by atoms with Gasteiger partial charge in [0.2, 0.25) is 5.91 Å². The minimum atomic E-state index is -0.637. The third-order valence-electron chi connectivity index (χ3n) is 4.01. The second kappa shape index (κ2) is 5.28. The number of hydrogen-bond acceptors (Lipinski definition) is 3. The molecule has 2 amide bonds. The molecule has 0 aromatic heterocycles. The highest BCUT2D eigenvalue weighted by Crippen LogP contribution is 2.34. The highest BCUT2D eigenvalue weighted by molar-refractivity contribution is 6.30. The summed E-state index contributed by atoms with van der Waals surface area (Å²) in [7, 11) is 0. The molecule has 0 unspecified atom stereocenters. The number of carbonyl (C=O) groups is 2. The number of nitrogens with one attached hydrogen (secondary N) is 1. The zero-order chi connectivity index (χ0) is 16.0. The van der Waals surface area contributed by atoms with Crippen molar-refractivity contribution in [3.05, 3.63) is 53.1 Å². The molecule has 1 atom stereocenters. The Balaban J connectivity index is 1.62. The van der Waals surface area contributed by atoms with E-state index in [1.807, 2.05) is 18.2 Å². The van der Waals surface area contributed by atoms with E-state index in [2.05, 4.69) is 5.32 Å². The van der Waals surface area contributed by atoms with Crippen LogP contribution in [-0.4, -0.2) is 24.5 Å². The molecule has 0 saturated heterocycles. The van der Waals surface area contributed by atoms with Gasteiger partial charge in [0.1, 0.15) is 12.3 Å². The van der Waals surface area contributed by atoms with E-state index < -0.39 is 6.10 Å². The summed E-state index contributed by atoms with van der Waals surface area (Å²) < 4.78 is 5.75. The van der Waals surface area contributed by atoms with Crippen LogP contribution in [0.2, 0.25) is 5.02 Å². The van der Waals surface area contributed by atoms with Crippen molar-refractivity contribution in [3.8, 4) is 5.75 Å². The van der Waals surface area contributed by atoms with Gasteiger partial charge >= 0.3 is 0 Å². The van der Waals surface area contributed by atoms with Crippen molar-refractivity contribution in [1.82, 2.24) is 0 Å². The summed E-state index contributed by atoms with van der Waals surface area (Å²) in [5.41, 5.74) is 2.23. The van der Waals surface area contributed by atoms with E-state index in [9.17, 15) is 9.59 Å². The summed E-state index contributed by atoms with van der Waals surface area (Å²) in [5.74, 6) is 0.234. The number of amides is 2. The monoisotopic (exact) mass is 328 g/mol. The minimum absolute atomic E-state index is 0.00713. The van der Waals surface area contributed by atoms with Crippen LogP contribution in [0.1, 0.15) is 5.56 Å². The number of para-hydroxylation sites is 2. The molecule has 0 fully saturated rings. The van der Waals surface area contributed by atoms with Crippen LogP contribution in [-0.2, 0) is 16.0 Å². The van der Waals surface area contributed by atoms with Crippen LogP contribution in [0.3, 0.4) is 0 Å². The van der Waals surface area contributed by atoms with E-state index in [1.54, 1.807) is 24.3 Å². The van der Waals surface area contributed by atoms with Gasteiger partial charge in [-0.1, -0.05) is 23.7 Å². The van der Waals surface area contributed by atoms with Crippen molar-refractivity contribution < 1.29 is 14.3 Å². The average molecular weight is 329 g/mol. The fraction of sp³-hybridized carbons (Fsp3) is 0.176. The highest BCUT2D eigenvalue weighted by atomic mass is 35.5. The second-order valence-electron chi connectivity index (χ2n) is 5.55. The van der Waals surface area contributed by atoms with Crippen LogP contribution in [0.4, 0.5) is 11.4 Å². The topological polar surface area (TPSA) is 58.6 Å². The molecule has 6 heteroatoms. The molecule has 4 rings (SSSR count). The molecular weight excluding hydrogens is 316 g/mol. The van der Waals surface area contributed by atoms with Gasteiger partial charge in [0.05, 0.1) is 11.4 Å². The maximum atomic E-state index is 12.9. The SMILES string of the molecule is O=C1CN(C(=O)[C@@H]2Cc3cc(Cl)ccc3O2)c2ccccc2N1. The lowest BCUT2D eigenvalue weighted by molar-refractivity contribution is -0.126. The van der Waals surface area contributed by atoms with E-state index in [1.165, 1.54) is 4.90 Å². The van der Waals surface area contributed by atoms with E-state index in [4.69, 9.17) is 16.3 Å². The number of benzene rings is 2. The molecule has 0 aliphatic carbocycles. The van der Waals surface area contributed by atoms with Gasteiger partial charge in [-0.3, -0.25) is 14.5 Å². The highest BCUT2D eigenvalue weighted by Gasteiger charge is 2.36. The Morgan fingerprint density at radius 2 is 2.09 bits per heavy atom. The Labute approximate surface area is 137 Å². The Morgan fingerprint density at radius 1 is 1.26 bits per heavy atom. The van der Waals surface area contributed by atoms with Crippen molar-refractivity contribution in [2.24, 2.45) is 0 Å². The molecule has 0 bridgehead atoms. The number of fused-ring (bicyclic) bond motifs is 2. The molecule has 2 aromatic rings. The molecule has 2 aromatic carbocycles. The van der Waals surface area contributed by atoms with Crippen LogP contribution in [0.25, 0.3) is 0 Å². The van der Waals surface area contributed by atoms with Crippen LogP contribution >= 0.6 is 11.6 Å². The largest absolute Gasteiger partial charge is 0.480 e. The number of rotatable bonds is 1. The van der Waals surface area contributed by atoms with Gasteiger partial charge in [0.25, 0.3) is 5.91 Å². The molecular formula is C17H13ClN2O3. The first-order chi connectivity index (χ1) is 11.1. The van der Waals surface area contributed by atoms with Crippen LogP contribution in [0, 0.1) is 0 Å². The van der Waals surface area contributed by atoms with Gasteiger partial charge < -0.3 is 10.1 Å². The average Bonchev–Trinajstić information content (AvgIpc) is 2.96. The molecule has 116 valence electrons. The van der Waals surface area contributed by atoms with Gasteiger partial charge in [-0.25, -0.2) is 0 Å². The zero-order valence-corrected chi connectivity index (χ0v) is 12.8. The van der Waals surface area contributed by atoms with Gasteiger partial charge in [-0.15, -0.1) is 0 Å². The fourth-order valence-corrected chi connectivity index (χ4v) is 3.15. The molecule has 1 N–H and O–H groups in total. The third kappa shape index (κ3) is 2.43. The summed E-state index contributed by atoms with van der Waals surface area (Å²) in [6.45, 7) is -0.00713. The Kier molecular flexibility index (Phi) is 3.23. The van der Waals surface area contributed by atoms with Crippen LogP contribution < -0.4 is 15.0 Å². The maximum Gasteiger partial charge on any atom is 0.268 e. The second-order valence-corrected chi connectivity index (χ2v) is 5.99. The van der Waals surface area contributed by atoms with E-state index in [0.29, 0.717) is 28.6 Å². The fourth-order valence-electron chi connectivity index (χ4n) is 2.96. The van der Waals surface area contributed by atoms with Gasteiger partial charge in [0, 0.05) is 11.4 Å². The molecule has 5 nitrogen and oxygen atoms in total. The third-order valence-corrected chi connectivity index (χ3v) is 4.24. The zero-order valence-electron chi connectivity index (χ0n) is 12.1. The number of nitrogens with zero attached hydrogens (tertiary/aromatic N) is 1. The van der Waals surface area contributed by atoms with Gasteiger partial charge in [-0.2, -0.15) is 0 Å². The van der Waals surface area contributed by atoms with Crippen molar-refractivity contribution >= 4 is 34.8 Å². The smallest absolute Gasteiger partial charge is 0.268 e. The lowest BCUT2D eigenvalue weighted by Crippen LogP contribution is -2.47. The predicted octanol–water partition coefficient (Wildman–Crippen LogP) is 2.63. The summed E-state index contributed by atoms with van der Waals surface area (Å²) in [4.78, 5) is 26.2. The Morgan fingerprint density at radius 3 is 2.96 bits per heavy atom. The standard InChI is InChI=1S/C17H13ClN2O3/c18-11-5-6-14-10(7-11)8-15(23-14)17(22)20-9-16(21)19-12-3-1-2-4-13(12)20/h1-7,15H,8-9H2,(H,19,21)/t15-/m0/s1. The first-order valence-corrected chi connectivity index (χ1v) is 7.65. The normalized spacial score (nSPS) is 18.7. The maximum absolute atomic E-state index is 12.9. The molecule has 2 aliphatic rings. The summed E-state index contributed by atoms with van der Waals surface area (Å²) in [6.07, 6.45) is -0.183. The number of ether oxygens (including phenoxy) is 1. The van der Waals surface area contributed by atoms with Gasteiger partial charge in [0.15, 0.2) is 6.10 Å². The number of halogens is 1. The molecule has 0 saturated carbocycles.